The third kappa shape index (κ3) is 4.99. The number of hydrogen-bond donors (Lipinski definition) is 2. The second-order valence-corrected chi connectivity index (χ2v) is 4.30. The zero-order chi connectivity index (χ0) is 12.7. The van der Waals surface area contributed by atoms with Crippen LogP contribution in [0.15, 0.2) is 12.3 Å². The van der Waals surface area contributed by atoms with Gasteiger partial charge in [-0.05, 0) is 33.9 Å². The summed E-state index contributed by atoms with van der Waals surface area (Å²) in [7, 11) is 2.12. The Kier molecular flexibility index (Phi) is 5.69. The maximum atomic E-state index is 4.35. The summed E-state index contributed by atoms with van der Waals surface area (Å²) >= 11 is 0. The second kappa shape index (κ2) is 7.06. The summed E-state index contributed by atoms with van der Waals surface area (Å²) in [5.41, 5.74) is 0. The first kappa shape index (κ1) is 13.7. The second-order valence-electron chi connectivity index (χ2n) is 4.30. The van der Waals surface area contributed by atoms with E-state index < -0.39 is 0 Å². The molecule has 2 N–H and O–H groups in total. The van der Waals surface area contributed by atoms with Crippen LogP contribution in [0, 0.1) is 0 Å². The van der Waals surface area contributed by atoms with E-state index in [0.29, 0.717) is 12.0 Å². The van der Waals surface area contributed by atoms with Gasteiger partial charge in [0.1, 0.15) is 5.82 Å². The van der Waals surface area contributed by atoms with Gasteiger partial charge in [0, 0.05) is 31.9 Å². The van der Waals surface area contributed by atoms with Crippen LogP contribution in [0.4, 0.5) is 11.8 Å². The van der Waals surface area contributed by atoms with E-state index in [1.165, 1.54) is 0 Å². The molecule has 1 heterocycles. The lowest BCUT2D eigenvalue weighted by Gasteiger charge is -2.21. The first-order valence-electron chi connectivity index (χ1n) is 6.14. The zero-order valence-electron chi connectivity index (χ0n) is 11.2. The van der Waals surface area contributed by atoms with E-state index in [2.05, 4.69) is 46.4 Å². The molecular formula is C12H23N5. The van der Waals surface area contributed by atoms with Gasteiger partial charge >= 0.3 is 0 Å². The minimum absolute atomic E-state index is 0.569. The quantitative estimate of drug-likeness (QED) is 0.755. The fraction of sp³-hybridized carbons (Fsp3) is 0.667. The molecule has 0 aliphatic carbocycles. The van der Waals surface area contributed by atoms with Crippen LogP contribution in [0.25, 0.3) is 0 Å². The lowest BCUT2D eigenvalue weighted by Crippen LogP contribution is -2.31. The number of likely N-dealkylation sites (N-methyl/N-ethyl adjacent to an activating group) is 1. The van der Waals surface area contributed by atoms with Crippen LogP contribution >= 0.6 is 0 Å². The minimum atomic E-state index is 0.569. The van der Waals surface area contributed by atoms with Gasteiger partial charge in [-0.1, -0.05) is 0 Å². The molecule has 0 radical (unpaired) electrons. The van der Waals surface area contributed by atoms with Crippen molar-refractivity contribution in [2.75, 3.05) is 37.3 Å². The third-order valence-corrected chi connectivity index (χ3v) is 2.64. The highest BCUT2D eigenvalue weighted by molar-refractivity contribution is 5.39. The molecule has 0 saturated carbocycles. The van der Waals surface area contributed by atoms with Gasteiger partial charge < -0.3 is 15.5 Å². The van der Waals surface area contributed by atoms with E-state index in [9.17, 15) is 0 Å². The molecule has 96 valence electrons. The molecule has 0 spiro atoms. The summed E-state index contributed by atoms with van der Waals surface area (Å²) in [5.74, 6) is 1.54. The molecular weight excluding hydrogens is 214 g/mol. The molecule has 1 rings (SSSR count). The number of nitrogens with one attached hydrogen (secondary N) is 2. The van der Waals surface area contributed by atoms with E-state index in [-0.39, 0.29) is 0 Å². The zero-order valence-corrected chi connectivity index (χ0v) is 11.2. The van der Waals surface area contributed by atoms with Crippen molar-refractivity contribution < 1.29 is 0 Å². The molecule has 5 heteroatoms. The molecule has 0 saturated heterocycles. The van der Waals surface area contributed by atoms with Gasteiger partial charge in [-0.2, -0.15) is 4.98 Å². The third-order valence-electron chi connectivity index (χ3n) is 2.64. The highest BCUT2D eigenvalue weighted by Gasteiger charge is 2.02. The van der Waals surface area contributed by atoms with E-state index in [1.54, 1.807) is 6.20 Å². The molecule has 0 unspecified atom stereocenters. The Labute approximate surface area is 104 Å². The van der Waals surface area contributed by atoms with Crippen LogP contribution in [-0.2, 0) is 0 Å². The van der Waals surface area contributed by atoms with Crippen LogP contribution in [-0.4, -0.2) is 47.6 Å². The number of aromatic nitrogens is 2. The SMILES string of the molecule is CCNc1nccc(NCCN(C)C(C)C)n1. The topological polar surface area (TPSA) is 53.1 Å². The summed E-state index contributed by atoms with van der Waals surface area (Å²) < 4.78 is 0. The molecule has 17 heavy (non-hydrogen) atoms. The summed E-state index contributed by atoms with van der Waals surface area (Å²) in [4.78, 5) is 10.8. The van der Waals surface area contributed by atoms with E-state index in [4.69, 9.17) is 0 Å². The first-order chi connectivity index (χ1) is 8.13. The minimum Gasteiger partial charge on any atom is -0.369 e. The normalized spacial score (nSPS) is 10.9. The largest absolute Gasteiger partial charge is 0.369 e. The van der Waals surface area contributed by atoms with Crippen LogP contribution in [0.1, 0.15) is 20.8 Å². The molecule has 1 aromatic rings. The van der Waals surface area contributed by atoms with Gasteiger partial charge in [-0.15, -0.1) is 0 Å². The van der Waals surface area contributed by atoms with Crippen molar-refractivity contribution in [3.05, 3.63) is 12.3 Å². The van der Waals surface area contributed by atoms with Gasteiger partial charge in [0.25, 0.3) is 0 Å². The maximum Gasteiger partial charge on any atom is 0.224 e. The molecule has 0 amide bonds. The number of anilines is 2. The fourth-order valence-corrected chi connectivity index (χ4v) is 1.32. The summed E-state index contributed by atoms with van der Waals surface area (Å²) in [6.07, 6.45) is 1.76. The highest BCUT2D eigenvalue weighted by Crippen LogP contribution is 2.05. The average molecular weight is 237 g/mol. The Morgan fingerprint density at radius 3 is 2.76 bits per heavy atom. The molecule has 0 aromatic carbocycles. The molecule has 0 aliphatic heterocycles. The van der Waals surface area contributed by atoms with E-state index in [1.807, 2.05) is 13.0 Å². The van der Waals surface area contributed by atoms with Crippen molar-refractivity contribution >= 4 is 11.8 Å². The lowest BCUT2D eigenvalue weighted by atomic mass is 10.3. The van der Waals surface area contributed by atoms with Crippen LogP contribution in [0.5, 0.6) is 0 Å². The number of nitrogens with zero attached hydrogens (tertiary/aromatic N) is 3. The summed E-state index contributed by atoms with van der Waals surface area (Å²) in [5, 5.41) is 6.39. The Balaban J connectivity index is 2.38. The fourth-order valence-electron chi connectivity index (χ4n) is 1.32. The Morgan fingerprint density at radius 1 is 1.35 bits per heavy atom. The molecule has 0 bridgehead atoms. The van der Waals surface area contributed by atoms with Gasteiger partial charge in [0.2, 0.25) is 5.95 Å². The standard InChI is InChI=1S/C12H23N5/c1-5-13-12-15-7-6-11(16-12)14-8-9-17(4)10(2)3/h6-7,10H,5,8-9H2,1-4H3,(H2,13,14,15,16). The van der Waals surface area contributed by atoms with Crippen molar-refractivity contribution in [2.45, 2.75) is 26.8 Å². The Morgan fingerprint density at radius 2 is 2.12 bits per heavy atom. The first-order valence-corrected chi connectivity index (χ1v) is 6.14. The molecule has 0 atom stereocenters. The molecule has 0 aliphatic rings. The molecule has 0 fully saturated rings. The van der Waals surface area contributed by atoms with Crippen molar-refractivity contribution in [1.82, 2.24) is 14.9 Å². The van der Waals surface area contributed by atoms with Gasteiger partial charge in [0.15, 0.2) is 0 Å². The van der Waals surface area contributed by atoms with Crippen LogP contribution in [0.2, 0.25) is 0 Å². The Hall–Kier alpha value is -1.36. The summed E-state index contributed by atoms with van der Waals surface area (Å²) in [6, 6.07) is 2.45. The predicted molar refractivity (Wildman–Crippen MR) is 72.5 cm³/mol. The maximum absolute atomic E-state index is 4.35. The van der Waals surface area contributed by atoms with Crippen molar-refractivity contribution in [3.63, 3.8) is 0 Å². The van der Waals surface area contributed by atoms with Gasteiger partial charge in [-0.25, -0.2) is 4.98 Å². The lowest BCUT2D eigenvalue weighted by molar-refractivity contribution is 0.284. The molecule has 1 aromatic heterocycles. The predicted octanol–water partition coefficient (Wildman–Crippen LogP) is 1.66. The monoisotopic (exact) mass is 237 g/mol. The Bertz CT molecular complexity index is 326. The number of rotatable bonds is 7. The molecule has 5 nitrogen and oxygen atoms in total. The van der Waals surface area contributed by atoms with Gasteiger partial charge in [-0.3, -0.25) is 0 Å². The van der Waals surface area contributed by atoms with Crippen molar-refractivity contribution in [3.8, 4) is 0 Å². The number of hydrogen-bond acceptors (Lipinski definition) is 5. The smallest absolute Gasteiger partial charge is 0.224 e. The van der Waals surface area contributed by atoms with Gasteiger partial charge in [0.05, 0.1) is 0 Å². The highest BCUT2D eigenvalue weighted by atomic mass is 15.2. The van der Waals surface area contributed by atoms with Crippen molar-refractivity contribution in [2.24, 2.45) is 0 Å². The van der Waals surface area contributed by atoms with Crippen molar-refractivity contribution in [1.29, 1.82) is 0 Å². The van der Waals surface area contributed by atoms with E-state index in [0.717, 1.165) is 25.5 Å². The average Bonchev–Trinajstić information content (AvgIpc) is 2.29. The van der Waals surface area contributed by atoms with E-state index >= 15 is 0 Å². The van der Waals surface area contributed by atoms with Crippen LogP contribution < -0.4 is 10.6 Å². The van der Waals surface area contributed by atoms with Crippen LogP contribution in [0.3, 0.4) is 0 Å². The summed E-state index contributed by atoms with van der Waals surface area (Å²) in [6.45, 7) is 9.12.